The Bertz CT molecular complexity index is 446. The number of halogens is 1. The van der Waals surface area contributed by atoms with Gasteiger partial charge in [-0.05, 0) is 20.0 Å². The summed E-state index contributed by atoms with van der Waals surface area (Å²) in [6.07, 6.45) is 4.89. The van der Waals surface area contributed by atoms with Gasteiger partial charge in [0.1, 0.15) is 0 Å². The molecular formula is C13H19ClN4. The minimum absolute atomic E-state index is 0.121. The standard InChI is InChI=1S/C13H19ClN4/c1-13-8-10(14)7-12(11(13)9-15-16-13)18-5-3-17(2)4-6-18/h7,9,16H,3-6,8H2,1-2H3. The molecule has 1 atom stereocenters. The maximum Gasteiger partial charge on any atom is 0.0853 e. The lowest BCUT2D eigenvalue weighted by atomic mass is 9.84. The average Bonchev–Trinajstić information content (AvgIpc) is 2.70. The highest BCUT2D eigenvalue weighted by Crippen LogP contribution is 2.37. The Morgan fingerprint density at radius 2 is 2.06 bits per heavy atom. The SMILES string of the molecule is CN1CCN(C2=C3C=NNC3(C)CC(Cl)=C2)CC1. The molecule has 0 saturated carbocycles. The van der Waals surface area contributed by atoms with Gasteiger partial charge in [-0.25, -0.2) is 0 Å². The Labute approximate surface area is 113 Å². The molecule has 2 heterocycles. The quantitative estimate of drug-likeness (QED) is 0.778. The van der Waals surface area contributed by atoms with Crippen molar-refractivity contribution in [2.45, 2.75) is 18.9 Å². The van der Waals surface area contributed by atoms with Crippen LogP contribution in [0.1, 0.15) is 13.3 Å². The van der Waals surface area contributed by atoms with Crippen LogP contribution in [0.15, 0.2) is 27.5 Å². The predicted octanol–water partition coefficient (Wildman–Crippen LogP) is 1.36. The van der Waals surface area contributed by atoms with Gasteiger partial charge in [-0.3, -0.25) is 5.43 Å². The highest BCUT2D eigenvalue weighted by Gasteiger charge is 2.38. The number of hydrogen-bond acceptors (Lipinski definition) is 4. The third-order valence-electron chi connectivity index (χ3n) is 4.04. The maximum absolute atomic E-state index is 6.31. The molecule has 0 bridgehead atoms. The van der Waals surface area contributed by atoms with E-state index in [1.165, 1.54) is 11.3 Å². The number of rotatable bonds is 1. The molecule has 0 aromatic heterocycles. The summed E-state index contributed by atoms with van der Waals surface area (Å²) < 4.78 is 0. The van der Waals surface area contributed by atoms with Crippen molar-refractivity contribution in [3.8, 4) is 0 Å². The molecule has 0 amide bonds. The van der Waals surface area contributed by atoms with E-state index in [0.29, 0.717) is 0 Å². The lowest BCUT2D eigenvalue weighted by Gasteiger charge is -2.39. The molecule has 3 aliphatic rings. The molecule has 0 aromatic rings. The van der Waals surface area contributed by atoms with Crippen molar-refractivity contribution in [3.05, 3.63) is 22.4 Å². The molecule has 4 nitrogen and oxygen atoms in total. The minimum Gasteiger partial charge on any atom is -0.369 e. The van der Waals surface area contributed by atoms with E-state index in [1.54, 1.807) is 0 Å². The smallest absolute Gasteiger partial charge is 0.0853 e. The molecule has 98 valence electrons. The zero-order valence-corrected chi connectivity index (χ0v) is 11.7. The summed E-state index contributed by atoms with van der Waals surface area (Å²) in [6, 6.07) is 0. The number of nitrogens with one attached hydrogen (secondary N) is 1. The van der Waals surface area contributed by atoms with Crippen molar-refractivity contribution in [2.75, 3.05) is 33.2 Å². The third kappa shape index (κ3) is 1.93. The second kappa shape index (κ2) is 4.28. The van der Waals surface area contributed by atoms with Gasteiger partial charge in [0.25, 0.3) is 0 Å². The number of likely N-dealkylation sites (N-methyl/N-ethyl adjacent to an activating group) is 1. The lowest BCUT2D eigenvalue weighted by Crippen LogP contribution is -2.47. The first-order valence-electron chi connectivity index (χ1n) is 6.43. The van der Waals surface area contributed by atoms with Gasteiger partial charge in [-0.2, -0.15) is 5.10 Å². The zero-order valence-electron chi connectivity index (χ0n) is 10.9. The van der Waals surface area contributed by atoms with Gasteiger partial charge in [0.15, 0.2) is 0 Å². The monoisotopic (exact) mass is 266 g/mol. The molecule has 5 heteroatoms. The van der Waals surface area contributed by atoms with Crippen molar-refractivity contribution >= 4 is 17.8 Å². The van der Waals surface area contributed by atoms with E-state index in [2.05, 4.69) is 40.4 Å². The van der Waals surface area contributed by atoms with E-state index in [4.69, 9.17) is 11.6 Å². The number of nitrogens with zero attached hydrogens (tertiary/aromatic N) is 3. The Morgan fingerprint density at radius 3 is 2.78 bits per heavy atom. The molecule has 3 rings (SSSR count). The van der Waals surface area contributed by atoms with Gasteiger partial charge in [0.05, 0.1) is 11.8 Å². The number of allylic oxidation sites excluding steroid dienone is 1. The fourth-order valence-electron chi connectivity index (χ4n) is 2.85. The lowest BCUT2D eigenvalue weighted by molar-refractivity contribution is 0.187. The molecule has 1 N–H and O–H groups in total. The predicted molar refractivity (Wildman–Crippen MR) is 74.7 cm³/mol. The van der Waals surface area contributed by atoms with Crippen molar-refractivity contribution in [3.63, 3.8) is 0 Å². The van der Waals surface area contributed by atoms with Gasteiger partial charge in [0, 0.05) is 48.9 Å². The fraction of sp³-hybridized carbons (Fsp3) is 0.615. The maximum atomic E-state index is 6.31. The van der Waals surface area contributed by atoms with Crippen LogP contribution in [0.3, 0.4) is 0 Å². The highest BCUT2D eigenvalue weighted by molar-refractivity contribution is 6.30. The van der Waals surface area contributed by atoms with E-state index >= 15 is 0 Å². The summed E-state index contributed by atoms with van der Waals surface area (Å²) in [5.41, 5.74) is 5.59. The first kappa shape index (κ1) is 12.1. The molecule has 1 fully saturated rings. The average molecular weight is 267 g/mol. The summed E-state index contributed by atoms with van der Waals surface area (Å²) in [5, 5.41) is 5.14. The van der Waals surface area contributed by atoms with E-state index < -0.39 is 0 Å². The van der Waals surface area contributed by atoms with Gasteiger partial charge < -0.3 is 9.80 Å². The van der Waals surface area contributed by atoms with Gasteiger partial charge >= 0.3 is 0 Å². The van der Waals surface area contributed by atoms with Crippen LogP contribution in [-0.2, 0) is 0 Å². The summed E-state index contributed by atoms with van der Waals surface area (Å²) in [7, 11) is 2.17. The van der Waals surface area contributed by atoms with Crippen molar-refractivity contribution in [1.29, 1.82) is 0 Å². The first-order chi connectivity index (χ1) is 8.58. The molecule has 0 radical (unpaired) electrons. The van der Waals surface area contributed by atoms with Gasteiger partial charge in [-0.15, -0.1) is 0 Å². The summed E-state index contributed by atoms with van der Waals surface area (Å²) in [5.74, 6) is 0. The van der Waals surface area contributed by atoms with Crippen LogP contribution in [0.2, 0.25) is 0 Å². The Hall–Kier alpha value is -1.00. The van der Waals surface area contributed by atoms with Crippen LogP contribution in [0.25, 0.3) is 0 Å². The van der Waals surface area contributed by atoms with E-state index in [1.807, 2.05) is 6.21 Å². The summed E-state index contributed by atoms with van der Waals surface area (Å²) in [6.45, 7) is 6.48. The molecular weight excluding hydrogens is 248 g/mol. The normalized spacial score (nSPS) is 32.4. The van der Waals surface area contributed by atoms with Gasteiger partial charge in [0.2, 0.25) is 0 Å². The number of fused-ring (bicyclic) bond motifs is 1. The topological polar surface area (TPSA) is 30.9 Å². The van der Waals surface area contributed by atoms with E-state index in [0.717, 1.165) is 37.6 Å². The second-order valence-corrected chi connectivity index (χ2v) is 6.04. The van der Waals surface area contributed by atoms with Crippen LogP contribution in [0.5, 0.6) is 0 Å². The minimum atomic E-state index is -0.121. The van der Waals surface area contributed by atoms with Crippen LogP contribution >= 0.6 is 11.6 Å². The van der Waals surface area contributed by atoms with E-state index in [-0.39, 0.29) is 5.54 Å². The molecule has 1 unspecified atom stereocenters. The molecule has 2 aliphatic heterocycles. The fourth-order valence-corrected chi connectivity index (χ4v) is 3.22. The summed E-state index contributed by atoms with van der Waals surface area (Å²) >= 11 is 6.31. The van der Waals surface area contributed by atoms with Gasteiger partial charge in [-0.1, -0.05) is 11.6 Å². The summed E-state index contributed by atoms with van der Waals surface area (Å²) in [4.78, 5) is 4.78. The first-order valence-corrected chi connectivity index (χ1v) is 6.81. The van der Waals surface area contributed by atoms with Crippen molar-refractivity contribution in [1.82, 2.24) is 15.2 Å². The van der Waals surface area contributed by atoms with Crippen molar-refractivity contribution < 1.29 is 0 Å². The van der Waals surface area contributed by atoms with Crippen LogP contribution in [0, 0.1) is 0 Å². The van der Waals surface area contributed by atoms with Crippen LogP contribution in [-0.4, -0.2) is 54.8 Å². The molecule has 0 aromatic carbocycles. The Morgan fingerprint density at radius 1 is 1.33 bits per heavy atom. The number of hydrogen-bond donors (Lipinski definition) is 1. The Kier molecular flexibility index (Phi) is 2.87. The van der Waals surface area contributed by atoms with E-state index in [9.17, 15) is 0 Å². The molecule has 1 aliphatic carbocycles. The Balaban J connectivity index is 1.93. The molecule has 1 saturated heterocycles. The third-order valence-corrected chi connectivity index (χ3v) is 4.28. The van der Waals surface area contributed by atoms with Crippen LogP contribution in [0.4, 0.5) is 0 Å². The number of hydrazone groups is 1. The molecule has 0 spiro atoms. The van der Waals surface area contributed by atoms with Crippen LogP contribution < -0.4 is 5.43 Å². The largest absolute Gasteiger partial charge is 0.369 e. The van der Waals surface area contributed by atoms with Crippen molar-refractivity contribution in [2.24, 2.45) is 5.10 Å². The second-order valence-electron chi connectivity index (χ2n) is 5.56. The molecule has 18 heavy (non-hydrogen) atoms. The highest BCUT2D eigenvalue weighted by atomic mass is 35.5. The zero-order chi connectivity index (χ0) is 12.8. The number of piperazine rings is 1.